The van der Waals surface area contributed by atoms with Crippen molar-refractivity contribution in [3.05, 3.63) is 22.4 Å². The van der Waals surface area contributed by atoms with Crippen LogP contribution in [-0.2, 0) is 10.2 Å². The van der Waals surface area contributed by atoms with Gasteiger partial charge in [-0.05, 0) is 30.8 Å². The summed E-state index contributed by atoms with van der Waals surface area (Å²) >= 11 is 1.75. The molecule has 1 aliphatic rings. The third-order valence-corrected chi connectivity index (χ3v) is 5.01. The van der Waals surface area contributed by atoms with Gasteiger partial charge in [-0.15, -0.1) is 11.3 Å². The van der Waals surface area contributed by atoms with Crippen LogP contribution in [0, 0.1) is 0 Å². The highest BCUT2D eigenvalue weighted by atomic mass is 32.1. The highest BCUT2D eigenvalue weighted by Crippen LogP contribution is 2.26. The minimum atomic E-state index is 0.00151. The molecule has 2 rings (SSSR count). The SMILES string of the molecule is CC(C)(CNC(=O)C1CCCCCN1)c1cccs1. The molecule has 0 bridgehead atoms. The number of thiophene rings is 1. The number of amides is 1. The van der Waals surface area contributed by atoms with Gasteiger partial charge in [0, 0.05) is 16.8 Å². The molecular formula is C15H24N2OS. The smallest absolute Gasteiger partial charge is 0.237 e. The largest absolute Gasteiger partial charge is 0.354 e. The first-order valence-corrected chi connectivity index (χ1v) is 8.03. The Balaban J connectivity index is 1.85. The monoisotopic (exact) mass is 280 g/mol. The summed E-state index contributed by atoms with van der Waals surface area (Å²) < 4.78 is 0. The van der Waals surface area contributed by atoms with Crippen molar-refractivity contribution in [3.63, 3.8) is 0 Å². The van der Waals surface area contributed by atoms with Crippen LogP contribution in [0.5, 0.6) is 0 Å². The quantitative estimate of drug-likeness (QED) is 0.890. The maximum absolute atomic E-state index is 12.2. The second-order valence-electron chi connectivity index (χ2n) is 5.94. The van der Waals surface area contributed by atoms with Gasteiger partial charge >= 0.3 is 0 Å². The van der Waals surface area contributed by atoms with E-state index in [1.54, 1.807) is 11.3 Å². The van der Waals surface area contributed by atoms with Crippen molar-refractivity contribution in [2.45, 2.75) is 51.0 Å². The molecule has 1 fully saturated rings. The summed E-state index contributed by atoms with van der Waals surface area (Å²) in [5.74, 6) is 0.159. The lowest BCUT2D eigenvalue weighted by Gasteiger charge is -2.25. The molecule has 0 aromatic carbocycles. The number of nitrogens with one attached hydrogen (secondary N) is 2. The van der Waals surface area contributed by atoms with Gasteiger partial charge in [-0.1, -0.05) is 32.8 Å². The molecule has 0 aliphatic carbocycles. The number of rotatable bonds is 4. The van der Waals surface area contributed by atoms with E-state index in [1.807, 2.05) is 0 Å². The van der Waals surface area contributed by atoms with Crippen molar-refractivity contribution < 1.29 is 4.79 Å². The molecule has 1 atom stereocenters. The average Bonchev–Trinajstić information content (AvgIpc) is 2.80. The van der Waals surface area contributed by atoms with Crippen molar-refractivity contribution in [2.75, 3.05) is 13.1 Å². The van der Waals surface area contributed by atoms with Gasteiger partial charge in [0.2, 0.25) is 5.91 Å². The molecule has 4 heteroatoms. The second-order valence-corrected chi connectivity index (χ2v) is 6.88. The molecule has 0 radical (unpaired) electrons. The predicted molar refractivity (Wildman–Crippen MR) is 80.6 cm³/mol. The van der Waals surface area contributed by atoms with Gasteiger partial charge in [-0.2, -0.15) is 0 Å². The van der Waals surface area contributed by atoms with E-state index in [-0.39, 0.29) is 17.4 Å². The summed E-state index contributed by atoms with van der Waals surface area (Å²) in [6, 6.07) is 4.21. The zero-order valence-corrected chi connectivity index (χ0v) is 12.7. The van der Waals surface area contributed by atoms with Crippen molar-refractivity contribution in [2.24, 2.45) is 0 Å². The van der Waals surface area contributed by atoms with E-state index < -0.39 is 0 Å². The molecule has 2 N–H and O–H groups in total. The zero-order chi connectivity index (χ0) is 13.7. The fourth-order valence-corrected chi connectivity index (χ4v) is 3.29. The predicted octanol–water partition coefficient (Wildman–Crippen LogP) is 2.67. The van der Waals surface area contributed by atoms with Crippen molar-refractivity contribution >= 4 is 17.2 Å². The molecule has 3 nitrogen and oxygen atoms in total. The van der Waals surface area contributed by atoms with Crippen LogP contribution in [-0.4, -0.2) is 25.0 Å². The number of carbonyl (C=O) groups excluding carboxylic acids is 1. The third kappa shape index (κ3) is 4.05. The molecule has 0 saturated carbocycles. The minimum Gasteiger partial charge on any atom is -0.354 e. The summed E-state index contributed by atoms with van der Waals surface area (Å²) in [6.07, 6.45) is 4.53. The van der Waals surface area contributed by atoms with Gasteiger partial charge in [0.25, 0.3) is 0 Å². The van der Waals surface area contributed by atoms with Crippen LogP contribution in [0.25, 0.3) is 0 Å². The Morgan fingerprint density at radius 3 is 3.05 bits per heavy atom. The summed E-state index contributed by atoms with van der Waals surface area (Å²) in [4.78, 5) is 13.5. The molecule has 1 aromatic heterocycles. The molecule has 1 aromatic rings. The van der Waals surface area contributed by atoms with Gasteiger partial charge in [0.1, 0.15) is 0 Å². The zero-order valence-electron chi connectivity index (χ0n) is 11.9. The van der Waals surface area contributed by atoms with Gasteiger partial charge in [-0.25, -0.2) is 0 Å². The minimum absolute atomic E-state index is 0.00151. The normalized spacial score (nSPS) is 20.8. The molecule has 106 valence electrons. The lowest BCUT2D eigenvalue weighted by Crippen LogP contribution is -2.47. The maximum Gasteiger partial charge on any atom is 0.237 e. The van der Waals surface area contributed by atoms with Crippen LogP contribution in [0.3, 0.4) is 0 Å². The lowest BCUT2D eigenvalue weighted by atomic mass is 9.91. The Morgan fingerprint density at radius 1 is 1.47 bits per heavy atom. The molecule has 1 amide bonds. The fraction of sp³-hybridized carbons (Fsp3) is 0.667. The van der Waals surface area contributed by atoms with Crippen LogP contribution < -0.4 is 10.6 Å². The van der Waals surface area contributed by atoms with Crippen LogP contribution in [0.15, 0.2) is 17.5 Å². The molecule has 2 heterocycles. The Morgan fingerprint density at radius 2 is 2.32 bits per heavy atom. The van der Waals surface area contributed by atoms with E-state index in [1.165, 1.54) is 17.7 Å². The van der Waals surface area contributed by atoms with Crippen molar-refractivity contribution in [1.29, 1.82) is 0 Å². The summed E-state index contributed by atoms with van der Waals surface area (Å²) in [6.45, 7) is 6.02. The van der Waals surface area contributed by atoms with E-state index in [0.29, 0.717) is 6.54 Å². The topological polar surface area (TPSA) is 41.1 Å². The van der Waals surface area contributed by atoms with E-state index in [4.69, 9.17) is 0 Å². The Bertz CT molecular complexity index is 392. The Hall–Kier alpha value is -0.870. The first-order chi connectivity index (χ1) is 9.09. The summed E-state index contributed by atoms with van der Waals surface area (Å²) in [5, 5.41) is 8.55. The first kappa shape index (κ1) is 14.5. The van der Waals surface area contributed by atoms with Crippen LogP contribution in [0.2, 0.25) is 0 Å². The first-order valence-electron chi connectivity index (χ1n) is 7.15. The highest BCUT2D eigenvalue weighted by molar-refractivity contribution is 7.10. The van der Waals surface area contributed by atoms with Gasteiger partial charge in [-0.3, -0.25) is 4.79 Å². The van der Waals surface area contributed by atoms with Crippen molar-refractivity contribution in [1.82, 2.24) is 10.6 Å². The number of hydrogen-bond donors (Lipinski definition) is 2. The molecule has 19 heavy (non-hydrogen) atoms. The van der Waals surface area contributed by atoms with Crippen LogP contribution >= 0.6 is 11.3 Å². The average molecular weight is 280 g/mol. The van der Waals surface area contributed by atoms with E-state index in [9.17, 15) is 4.79 Å². The molecule has 0 spiro atoms. The van der Waals surface area contributed by atoms with Gasteiger partial charge in [0.15, 0.2) is 0 Å². The lowest BCUT2D eigenvalue weighted by molar-refractivity contribution is -0.123. The van der Waals surface area contributed by atoms with E-state index >= 15 is 0 Å². The van der Waals surface area contributed by atoms with Gasteiger partial charge < -0.3 is 10.6 Å². The molecule has 1 saturated heterocycles. The molecular weight excluding hydrogens is 256 g/mol. The Kier molecular flexibility index (Phi) is 4.99. The summed E-state index contributed by atoms with van der Waals surface area (Å²) in [7, 11) is 0. The van der Waals surface area contributed by atoms with Crippen LogP contribution in [0.4, 0.5) is 0 Å². The highest BCUT2D eigenvalue weighted by Gasteiger charge is 2.25. The third-order valence-electron chi connectivity index (χ3n) is 3.77. The van der Waals surface area contributed by atoms with Crippen molar-refractivity contribution in [3.8, 4) is 0 Å². The number of carbonyl (C=O) groups is 1. The van der Waals surface area contributed by atoms with Crippen LogP contribution in [0.1, 0.15) is 44.4 Å². The Labute approximate surface area is 119 Å². The van der Waals surface area contributed by atoms with Gasteiger partial charge in [0.05, 0.1) is 6.04 Å². The molecule has 1 unspecified atom stereocenters. The number of hydrogen-bond acceptors (Lipinski definition) is 3. The standard InChI is InChI=1S/C15H24N2OS/c1-15(2,13-8-6-10-19-13)11-17-14(18)12-7-4-3-5-9-16-12/h6,8,10,12,16H,3-5,7,9,11H2,1-2H3,(H,17,18). The fourth-order valence-electron chi connectivity index (χ4n) is 2.43. The second kappa shape index (κ2) is 6.53. The maximum atomic E-state index is 12.2. The summed E-state index contributed by atoms with van der Waals surface area (Å²) in [5.41, 5.74) is 0.00849. The van der Waals surface area contributed by atoms with E-state index in [2.05, 4.69) is 42.0 Å². The van der Waals surface area contributed by atoms with E-state index in [0.717, 1.165) is 19.4 Å². The molecule has 1 aliphatic heterocycles.